The van der Waals surface area contributed by atoms with Gasteiger partial charge in [0.05, 0.1) is 5.92 Å². The Labute approximate surface area is 116 Å². The van der Waals surface area contributed by atoms with Crippen LogP contribution < -0.4 is 5.32 Å². The molecule has 0 aliphatic heterocycles. The number of fused-ring (bicyclic) bond motifs is 1. The van der Waals surface area contributed by atoms with Gasteiger partial charge in [-0.15, -0.1) is 0 Å². The number of benzene rings is 1. The zero-order valence-corrected chi connectivity index (χ0v) is 11.4. The van der Waals surface area contributed by atoms with Crippen molar-refractivity contribution in [3.63, 3.8) is 0 Å². The molecule has 1 aliphatic rings. The van der Waals surface area contributed by atoms with Crippen LogP contribution in [0.3, 0.4) is 0 Å². The SMILES string of the molecule is Cc1noc(C)c1NC(=O)C1CCc2cc(F)ccc21. The molecule has 3 rings (SSSR count). The number of rotatable bonds is 2. The number of anilines is 1. The zero-order valence-electron chi connectivity index (χ0n) is 11.4. The van der Waals surface area contributed by atoms with Gasteiger partial charge < -0.3 is 9.84 Å². The highest BCUT2D eigenvalue weighted by atomic mass is 19.1. The van der Waals surface area contributed by atoms with E-state index in [1.807, 2.05) is 0 Å². The van der Waals surface area contributed by atoms with Crippen molar-refractivity contribution in [3.05, 3.63) is 46.6 Å². The molecule has 1 atom stereocenters. The molecule has 1 aromatic heterocycles. The average molecular weight is 274 g/mol. The van der Waals surface area contributed by atoms with Crippen LogP contribution in [-0.2, 0) is 11.2 Å². The lowest BCUT2D eigenvalue weighted by atomic mass is 10.0. The minimum atomic E-state index is -0.254. The second kappa shape index (κ2) is 4.74. The molecule has 0 bridgehead atoms. The van der Waals surface area contributed by atoms with Crippen LogP contribution in [0.5, 0.6) is 0 Å². The molecule has 4 nitrogen and oxygen atoms in total. The fraction of sp³-hybridized carbons (Fsp3) is 0.333. The molecular weight excluding hydrogens is 259 g/mol. The average Bonchev–Trinajstić information content (AvgIpc) is 2.96. The second-order valence-electron chi connectivity index (χ2n) is 5.12. The van der Waals surface area contributed by atoms with Crippen LogP contribution in [0.1, 0.15) is 34.9 Å². The number of nitrogens with zero attached hydrogens (tertiary/aromatic N) is 1. The highest BCUT2D eigenvalue weighted by molar-refractivity contribution is 5.97. The fourth-order valence-corrected chi connectivity index (χ4v) is 2.73. The molecule has 2 aromatic rings. The van der Waals surface area contributed by atoms with Crippen LogP contribution in [0, 0.1) is 19.7 Å². The van der Waals surface area contributed by atoms with E-state index in [4.69, 9.17) is 4.52 Å². The maximum atomic E-state index is 13.2. The molecule has 5 heteroatoms. The van der Waals surface area contributed by atoms with Crippen LogP contribution in [-0.4, -0.2) is 11.1 Å². The van der Waals surface area contributed by atoms with Gasteiger partial charge in [0, 0.05) is 0 Å². The van der Waals surface area contributed by atoms with E-state index >= 15 is 0 Å². The van der Waals surface area contributed by atoms with Crippen molar-refractivity contribution in [2.45, 2.75) is 32.6 Å². The van der Waals surface area contributed by atoms with Gasteiger partial charge >= 0.3 is 0 Å². The summed E-state index contributed by atoms with van der Waals surface area (Å²) in [5.74, 6) is 0.00719. The summed E-state index contributed by atoms with van der Waals surface area (Å²) < 4.78 is 18.2. The smallest absolute Gasteiger partial charge is 0.232 e. The number of halogens is 1. The first kappa shape index (κ1) is 12.8. The van der Waals surface area contributed by atoms with Gasteiger partial charge in [0.2, 0.25) is 5.91 Å². The molecule has 1 aliphatic carbocycles. The van der Waals surface area contributed by atoms with Crippen LogP contribution in [0.25, 0.3) is 0 Å². The maximum absolute atomic E-state index is 13.2. The van der Waals surface area contributed by atoms with E-state index in [-0.39, 0.29) is 17.6 Å². The Morgan fingerprint density at radius 1 is 1.45 bits per heavy atom. The van der Waals surface area contributed by atoms with Crippen molar-refractivity contribution in [2.24, 2.45) is 0 Å². The summed E-state index contributed by atoms with van der Waals surface area (Å²) in [4.78, 5) is 12.4. The number of nitrogens with one attached hydrogen (secondary N) is 1. The Bertz CT molecular complexity index is 659. The molecule has 0 saturated heterocycles. The number of amides is 1. The van der Waals surface area contributed by atoms with E-state index in [0.717, 1.165) is 17.5 Å². The summed E-state index contributed by atoms with van der Waals surface area (Å²) >= 11 is 0. The van der Waals surface area contributed by atoms with Gasteiger partial charge in [-0.1, -0.05) is 11.2 Å². The summed E-state index contributed by atoms with van der Waals surface area (Å²) in [5.41, 5.74) is 3.12. The number of carbonyl (C=O) groups is 1. The molecule has 1 N–H and O–H groups in total. The quantitative estimate of drug-likeness (QED) is 0.915. The van der Waals surface area contributed by atoms with Crippen molar-refractivity contribution in [2.75, 3.05) is 5.32 Å². The Morgan fingerprint density at radius 2 is 2.25 bits per heavy atom. The molecular formula is C15H15FN2O2. The number of aryl methyl sites for hydroxylation is 3. The molecule has 0 spiro atoms. The number of hydrogen-bond acceptors (Lipinski definition) is 3. The highest BCUT2D eigenvalue weighted by Gasteiger charge is 2.29. The Kier molecular flexibility index (Phi) is 3.04. The number of carbonyl (C=O) groups excluding carboxylic acids is 1. The molecule has 1 unspecified atom stereocenters. The lowest BCUT2D eigenvalue weighted by Crippen LogP contribution is -2.20. The van der Waals surface area contributed by atoms with Gasteiger partial charge in [-0.3, -0.25) is 4.79 Å². The maximum Gasteiger partial charge on any atom is 0.232 e. The molecule has 0 radical (unpaired) electrons. The summed E-state index contributed by atoms with van der Waals surface area (Å²) in [6, 6.07) is 4.62. The van der Waals surface area contributed by atoms with Gasteiger partial charge in [0.25, 0.3) is 0 Å². The molecule has 1 heterocycles. The summed E-state index contributed by atoms with van der Waals surface area (Å²) in [6.45, 7) is 3.54. The van der Waals surface area contributed by atoms with Crippen LogP contribution >= 0.6 is 0 Å². The highest BCUT2D eigenvalue weighted by Crippen LogP contribution is 2.34. The molecule has 1 amide bonds. The Balaban J connectivity index is 1.84. The Morgan fingerprint density at radius 3 is 2.95 bits per heavy atom. The molecule has 0 fully saturated rings. The minimum absolute atomic E-state index is 0.0928. The predicted molar refractivity (Wildman–Crippen MR) is 72.1 cm³/mol. The van der Waals surface area contributed by atoms with Crippen molar-refractivity contribution in [1.29, 1.82) is 0 Å². The third kappa shape index (κ3) is 2.09. The lowest BCUT2D eigenvalue weighted by molar-refractivity contribution is -0.117. The first-order valence-electron chi connectivity index (χ1n) is 6.58. The van der Waals surface area contributed by atoms with Crippen LogP contribution in [0.4, 0.5) is 10.1 Å². The lowest BCUT2D eigenvalue weighted by Gasteiger charge is -2.12. The fourth-order valence-electron chi connectivity index (χ4n) is 2.73. The third-order valence-corrected chi connectivity index (χ3v) is 3.78. The van der Waals surface area contributed by atoms with Gasteiger partial charge in [0.15, 0.2) is 5.76 Å². The molecule has 104 valence electrons. The topological polar surface area (TPSA) is 55.1 Å². The standard InChI is InChI=1S/C15H15FN2O2/c1-8-14(9(2)20-18-8)17-15(19)13-5-3-10-7-11(16)4-6-12(10)13/h4,6-7,13H,3,5H2,1-2H3,(H,17,19). The van der Waals surface area contributed by atoms with Crippen molar-refractivity contribution < 1.29 is 13.7 Å². The summed E-state index contributed by atoms with van der Waals surface area (Å²) in [6.07, 6.45) is 1.43. The van der Waals surface area contributed by atoms with Gasteiger partial charge in [0.1, 0.15) is 17.2 Å². The van der Waals surface area contributed by atoms with Gasteiger partial charge in [-0.25, -0.2) is 4.39 Å². The second-order valence-corrected chi connectivity index (χ2v) is 5.12. The predicted octanol–water partition coefficient (Wildman–Crippen LogP) is 3.10. The summed E-state index contributed by atoms with van der Waals surface area (Å²) in [5, 5.41) is 6.68. The van der Waals surface area contributed by atoms with Gasteiger partial charge in [-0.05, 0) is 49.9 Å². The first-order valence-corrected chi connectivity index (χ1v) is 6.58. The van der Waals surface area contributed by atoms with Crippen molar-refractivity contribution in [1.82, 2.24) is 5.16 Å². The van der Waals surface area contributed by atoms with E-state index in [1.54, 1.807) is 19.9 Å². The van der Waals surface area contributed by atoms with E-state index in [9.17, 15) is 9.18 Å². The third-order valence-electron chi connectivity index (χ3n) is 3.78. The molecule has 0 saturated carbocycles. The monoisotopic (exact) mass is 274 g/mol. The van der Waals surface area contributed by atoms with E-state index in [2.05, 4.69) is 10.5 Å². The van der Waals surface area contributed by atoms with Crippen LogP contribution in [0.15, 0.2) is 22.7 Å². The zero-order chi connectivity index (χ0) is 14.3. The van der Waals surface area contributed by atoms with Crippen molar-refractivity contribution in [3.8, 4) is 0 Å². The summed E-state index contributed by atoms with van der Waals surface area (Å²) in [7, 11) is 0. The minimum Gasteiger partial charge on any atom is -0.359 e. The largest absolute Gasteiger partial charge is 0.359 e. The van der Waals surface area contributed by atoms with Crippen LogP contribution in [0.2, 0.25) is 0 Å². The number of aromatic nitrogens is 1. The normalized spacial score (nSPS) is 17.1. The molecule has 1 aromatic carbocycles. The molecule has 20 heavy (non-hydrogen) atoms. The van der Waals surface area contributed by atoms with E-state index in [1.165, 1.54) is 12.1 Å². The number of hydrogen-bond donors (Lipinski definition) is 1. The van der Waals surface area contributed by atoms with E-state index < -0.39 is 0 Å². The van der Waals surface area contributed by atoms with Crippen molar-refractivity contribution >= 4 is 11.6 Å². The first-order chi connectivity index (χ1) is 9.56. The van der Waals surface area contributed by atoms with Gasteiger partial charge in [-0.2, -0.15) is 0 Å². The Hall–Kier alpha value is -2.17. The van der Waals surface area contributed by atoms with E-state index in [0.29, 0.717) is 23.6 Å².